The number of rotatable bonds is 5. The van der Waals surface area contributed by atoms with Crippen LogP contribution in [-0.4, -0.2) is 104 Å². The van der Waals surface area contributed by atoms with Gasteiger partial charge in [-0.2, -0.15) is 15.1 Å². The average Bonchev–Trinajstić information content (AvgIpc) is 3.67. The van der Waals surface area contributed by atoms with Crippen LogP contribution in [0, 0.1) is 17.5 Å². The normalized spacial score (nSPS) is 24.2. The van der Waals surface area contributed by atoms with Gasteiger partial charge < -0.3 is 24.0 Å². The van der Waals surface area contributed by atoms with Crippen molar-refractivity contribution in [2.75, 3.05) is 44.3 Å². The standard InChI is InChI=1S/C36H40F5N7O4/c1-6-21-22-15-50-30-25-28(26(38)24(27(30)39)23-20(37)9-8-19-14-42-45(5)29(19)23)43-32(51-18-35-10-7-11-46(35)17-36(40,41)16-35)44-31(25)47(22)12-13-48(21)33(49)52-34(2,3)4/h8-9,14,21-22H,6-7,10-13,15-18H2,1-5H3/t21-,22+,35-/m0/s1. The summed E-state index contributed by atoms with van der Waals surface area (Å²) in [5, 5.41) is 4.54. The van der Waals surface area contributed by atoms with Gasteiger partial charge in [-0.05, 0) is 58.7 Å². The Morgan fingerprint density at radius 2 is 1.87 bits per heavy atom. The molecule has 11 nitrogen and oxygen atoms in total. The molecule has 4 aliphatic rings. The number of fused-ring (bicyclic) bond motifs is 4. The number of carbonyl (C=O) groups excluding carboxylic acids is 1. The lowest BCUT2D eigenvalue weighted by Gasteiger charge is -2.47. The Morgan fingerprint density at radius 1 is 1.08 bits per heavy atom. The minimum atomic E-state index is -2.89. The number of hydrogen-bond donors (Lipinski definition) is 0. The second-order valence-corrected chi connectivity index (χ2v) is 15.3. The van der Waals surface area contributed by atoms with Gasteiger partial charge in [0.25, 0.3) is 5.92 Å². The number of aromatic nitrogens is 4. The Hall–Kier alpha value is -4.47. The summed E-state index contributed by atoms with van der Waals surface area (Å²) in [5.74, 6) is -6.39. The zero-order valence-corrected chi connectivity index (χ0v) is 29.6. The second-order valence-electron chi connectivity index (χ2n) is 15.3. The molecule has 0 aliphatic carbocycles. The van der Waals surface area contributed by atoms with E-state index in [9.17, 15) is 13.6 Å². The predicted molar refractivity (Wildman–Crippen MR) is 181 cm³/mol. The summed E-state index contributed by atoms with van der Waals surface area (Å²) in [7, 11) is 1.54. The van der Waals surface area contributed by atoms with Crippen molar-refractivity contribution in [3.8, 4) is 22.9 Å². The lowest BCUT2D eigenvalue weighted by atomic mass is 9.94. The largest absolute Gasteiger partial charge is 0.487 e. The number of carbonyl (C=O) groups is 1. The number of nitrogens with zero attached hydrogens (tertiary/aromatic N) is 7. The molecule has 16 heteroatoms. The van der Waals surface area contributed by atoms with E-state index in [-0.39, 0.29) is 72.4 Å². The summed E-state index contributed by atoms with van der Waals surface area (Å²) in [6.07, 6.45) is 2.19. The van der Waals surface area contributed by atoms with Crippen molar-refractivity contribution in [3.05, 3.63) is 35.8 Å². The Balaban J connectivity index is 1.29. The predicted octanol–water partition coefficient (Wildman–Crippen LogP) is 6.45. The fourth-order valence-corrected chi connectivity index (χ4v) is 8.65. The Labute approximate surface area is 296 Å². The topological polar surface area (TPSA) is 98.1 Å². The van der Waals surface area contributed by atoms with E-state index in [1.165, 1.54) is 24.0 Å². The fourth-order valence-electron chi connectivity index (χ4n) is 8.65. The van der Waals surface area contributed by atoms with Gasteiger partial charge in [0.05, 0.1) is 46.8 Å². The highest BCUT2D eigenvalue weighted by atomic mass is 19.3. The summed E-state index contributed by atoms with van der Waals surface area (Å²) < 4.78 is 98.5. The molecule has 0 unspecified atom stereocenters. The maximum Gasteiger partial charge on any atom is 0.410 e. The van der Waals surface area contributed by atoms with E-state index in [0.29, 0.717) is 31.2 Å². The third-order valence-electron chi connectivity index (χ3n) is 10.8. The van der Waals surface area contributed by atoms with Gasteiger partial charge in [-0.1, -0.05) is 6.92 Å². The molecule has 0 N–H and O–H groups in total. The lowest BCUT2D eigenvalue weighted by molar-refractivity contribution is 0.00575. The van der Waals surface area contributed by atoms with Crippen molar-refractivity contribution in [2.45, 2.75) is 82.5 Å². The summed E-state index contributed by atoms with van der Waals surface area (Å²) in [6.45, 7) is 7.38. The van der Waals surface area contributed by atoms with Crippen molar-refractivity contribution in [2.24, 2.45) is 7.05 Å². The van der Waals surface area contributed by atoms with Crippen molar-refractivity contribution in [3.63, 3.8) is 0 Å². The third kappa shape index (κ3) is 5.47. The molecule has 8 rings (SSSR count). The molecule has 0 spiro atoms. The van der Waals surface area contributed by atoms with Gasteiger partial charge in [0.1, 0.15) is 36.0 Å². The van der Waals surface area contributed by atoms with E-state index < -0.39 is 64.7 Å². The molecule has 2 aromatic heterocycles. The molecule has 0 radical (unpaired) electrons. The van der Waals surface area contributed by atoms with E-state index in [2.05, 4.69) is 10.1 Å². The molecule has 3 fully saturated rings. The SMILES string of the molecule is CC[C@H]1[C@H]2COc3c(F)c(-c4c(F)ccc5cnn(C)c45)c(F)c4nc(OC[C@@]56CCCN5CC(F)(F)C6)nc(c34)N2CCN1C(=O)OC(C)(C)C. The summed E-state index contributed by atoms with van der Waals surface area (Å²) in [5.41, 5.74) is -3.01. The molecular formula is C36H40F5N7O4. The molecule has 0 bridgehead atoms. The number of amides is 1. The fraction of sp³-hybridized carbons (Fsp3) is 0.556. The van der Waals surface area contributed by atoms with Crippen LogP contribution in [0.2, 0.25) is 0 Å². The van der Waals surface area contributed by atoms with Crippen LogP contribution < -0.4 is 14.4 Å². The monoisotopic (exact) mass is 729 g/mol. The van der Waals surface area contributed by atoms with E-state index in [1.807, 2.05) is 11.8 Å². The number of hydrogen-bond acceptors (Lipinski definition) is 9. The minimum absolute atomic E-state index is 0.0835. The van der Waals surface area contributed by atoms with E-state index >= 15 is 13.2 Å². The first-order valence-corrected chi connectivity index (χ1v) is 17.6. The van der Waals surface area contributed by atoms with Gasteiger partial charge in [0.15, 0.2) is 17.4 Å². The minimum Gasteiger partial charge on any atom is -0.487 e. The molecule has 4 aromatic rings. The number of anilines is 1. The van der Waals surface area contributed by atoms with Gasteiger partial charge in [0, 0.05) is 37.5 Å². The van der Waals surface area contributed by atoms with Crippen LogP contribution in [0.4, 0.5) is 32.6 Å². The summed E-state index contributed by atoms with van der Waals surface area (Å²) in [4.78, 5) is 27.7. The van der Waals surface area contributed by atoms with E-state index in [1.54, 1.807) is 30.6 Å². The zero-order chi connectivity index (χ0) is 36.9. The molecule has 278 valence electrons. The van der Waals surface area contributed by atoms with Crippen LogP contribution in [0.5, 0.6) is 11.8 Å². The number of piperazine rings is 1. The molecule has 4 aliphatic heterocycles. The summed E-state index contributed by atoms with van der Waals surface area (Å²) in [6, 6.07) is 1.18. The number of halogens is 5. The van der Waals surface area contributed by atoms with Crippen molar-refractivity contribution < 1.29 is 41.0 Å². The van der Waals surface area contributed by atoms with Gasteiger partial charge >= 0.3 is 12.1 Å². The second kappa shape index (κ2) is 12.0. The average molecular weight is 730 g/mol. The maximum atomic E-state index is 17.1. The van der Waals surface area contributed by atoms with Crippen LogP contribution in [-0.2, 0) is 11.8 Å². The van der Waals surface area contributed by atoms with Gasteiger partial charge in [0.2, 0.25) is 0 Å². The molecule has 52 heavy (non-hydrogen) atoms. The quantitative estimate of drug-likeness (QED) is 0.215. The van der Waals surface area contributed by atoms with Crippen LogP contribution in [0.25, 0.3) is 32.9 Å². The Bertz CT molecular complexity index is 2110. The smallest absolute Gasteiger partial charge is 0.410 e. The van der Waals surface area contributed by atoms with E-state index in [0.717, 1.165) is 6.07 Å². The highest BCUT2D eigenvalue weighted by Gasteiger charge is 2.57. The van der Waals surface area contributed by atoms with Crippen molar-refractivity contribution in [1.29, 1.82) is 0 Å². The Kier molecular flexibility index (Phi) is 8.01. The number of ether oxygens (including phenoxy) is 3. The highest BCUT2D eigenvalue weighted by Crippen LogP contribution is 2.49. The first-order chi connectivity index (χ1) is 24.6. The number of benzene rings is 2. The van der Waals surface area contributed by atoms with Crippen LogP contribution in [0.15, 0.2) is 18.3 Å². The van der Waals surface area contributed by atoms with Crippen LogP contribution in [0.1, 0.15) is 53.4 Å². The van der Waals surface area contributed by atoms with Gasteiger partial charge in [-0.25, -0.2) is 26.7 Å². The lowest BCUT2D eigenvalue weighted by Crippen LogP contribution is -2.63. The van der Waals surface area contributed by atoms with Crippen molar-refractivity contribution in [1.82, 2.24) is 29.5 Å². The first kappa shape index (κ1) is 34.6. The van der Waals surface area contributed by atoms with Crippen LogP contribution >= 0.6 is 0 Å². The van der Waals surface area contributed by atoms with Crippen molar-refractivity contribution >= 4 is 33.7 Å². The third-order valence-corrected chi connectivity index (χ3v) is 10.8. The molecule has 2 aromatic carbocycles. The molecular weight excluding hydrogens is 689 g/mol. The van der Waals surface area contributed by atoms with Gasteiger partial charge in [-0.15, -0.1) is 0 Å². The van der Waals surface area contributed by atoms with Gasteiger partial charge in [-0.3, -0.25) is 9.58 Å². The first-order valence-electron chi connectivity index (χ1n) is 17.6. The molecule has 6 heterocycles. The van der Waals surface area contributed by atoms with Crippen LogP contribution in [0.3, 0.4) is 0 Å². The summed E-state index contributed by atoms with van der Waals surface area (Å²) >= 11 is 0. The molecule has 0 saturated carbocycles. The zero-order valence-electron chi connectivity index (χ0n) is 29.6. The molecule has 3 saturated heterocycles. The maximum absolute atomic E-state index is 17.1. The highest BCUT2D eigenvalue weighted by molar-refractivity contribution is 6.03. The van der Waals surface area contributed by atoms with E-state index in [4.69, 9.17) is 19.2 Å². The Morgan fingerprint density at radius 3 is 2.62 bits per heavy atom. The molecule has 1 amide bonds. The number of aryl methyl sites for hydroxylation is 1. The number of alkyl halides is 2. The molecule has 3 atom stereocenters.